The molecule has 0 aliphatic heterocycles. The first-order valence-electron chi connectivity index (χ1n) is 16.8. The van der Waals surface area contributed by atoms with Crippen LogP contribution in [0.3, 0.4) is 0 Å². The summed E-state index contributed by atoms with van der Waals surface area (Å²) in [6.07, 6.45) is 1.84. The van der Waals surface area contributed by atoms with Crippen molar-refractivity contribution in [3.05, 3.63) is 152 Å². The molecule has 238 valence electrons. The first kappa shape index (κ1) is 27.8. The quantitative estimate of drug-likeness (QED) is 0.188. The van der Waals surface area contributed by atoms with Crippen LogP contribution >= 0.6 is 0 Å². The van der Waals surface area contributed by atoms with Crippen molar-refractivity contribution < 1.29 is 8.83 Å². The second-order valence-electron chi connectivity index (χ2n) is 12.6. The fourth-order valence-electron chi connectivity index (χ4n) is 7.42. The van der Waals surface area contributed by atoms with E-state index in [0.29, 0.717) is 23.1 Å². The van der Waals surface area contributed by atoms with Crippen LogP contribution in [0.2, 0.25) is 0 Å². The van der Waals surface area contributed by atoms with E-state index in [-0.39, 0.29) is 0 Å². The Hall–Kier alpha value is -7.12. The Labute approximate surface area is 290 Å². The molecule has 0 fully saturated rings. The van der Waals surface area contributed by atoms with Crippen LogP contribution in [0.1, 0.15) is 0 Å². The summed E-state index contributed by atoms with van der Waals surface area (Å²) in [7, 11) is 0. The lowest BCUT2D eigenvalue weighted by atomic mass is 10.1. The van der Waals surface area contributed by atoms with Gasteiger partial charge in [0.15, 0.2) is 17.5 Å². The van der Waals surface area contributed by atoms with Crippen molar-refractivity contribution in [2.45, 2.75) is 0 Å². The SMILES string of the molecule is c1ccc(-c2nc(-c3cccc4c3oc3ccccc34)nc(-c3cccc4c3oc3cc(-n5c6ccccc6c6cccnc65)ccc34)n2)cc1. The third-order valence-corrected chi connectivity index (χ3v) is 9.73. The van der Waals surface area contributed by atoms with Gasteiger partial charge in [0.1, 0.15) is 28.0 Å². The molecule has 0 aliphatic carbocycles. The largest absolute Gasteiger partial charge is 0.455 e. The van der Waals surface area contributed by atoms with E-state index >= 15 is 0 Å². The Morgan fingerprint density at radius 3 is 1.82 bits per heavy atom. The molecule has 0 amide bonds. The summed E-state index contributed by atoms with van der Waals surface area (Å²) in [5.74, 6) is 1.61. The van der Waals surface area contributed by atoms with Gasteiger partial charge in [0, 0.05) is 50.1 Å². The average Bonchev–Trinajstić information content (AvgIpc) is 3.87. The summed E-state index contributed by atoms with van der Waals surface area (Å²) >= 11 is 0. The van der Waals surface area contributed by atoms with Gasteiger partial charge in [-0.3, -0.25) is 4.57 Å². The molecule has 5 heterocycles. The summed E-state index contributed by atoms with van der Waals surface area (Å²) in [6.45, 7) is 0. The van der Waals surface area contributed by atoms with E-state index in [2.05, 4.69) is 71.3 Å². The van der Waals surface area contributed by atoms with Gasteiger partial charge in [-0.25, -0.2) is 19.9 Å². The van der Waals surface area contributed by atoms with Crippen LogP contribution in [0, 0.1) is 0 Å². The van der Waals surface area contributed by atoms with Crippen LogP contribution < -0.4 is 0 Å². The van der Waals surface area contributed by atoms with Crippen LogP contribution in [-0.2, 0) is 0 Å². The van der Waals surface area contributed by atoms with E-state index in [9.17, 15) is 0 Å². The maximum absolute atomic E-state index is 6.75. The molecule has 0 aliphatic rings. The molecule has 0 spiro atoms. The first-order valence-corrected chi connectivity index (χ1v) is 16.8. The number of hydrogen-bond donors (Lipinski definition) is 0. The molecule has 5 aromatic heterocycles. The van der Waals surface area contributed by atoms with Crippen molar-refractivity contribution in [1.82, 2.24) is 24.5 Å². The van der Waals surface area contributed by atoms with Crippen molar-refractivity contribution >= 4 is 65.8 Å². The Morgan fingerprint density at radius 1 is 0.431 bits per heavy atom. The maximum Gasteiger partial charge on any atom is 0.167 e. The van der Waals surface area contributed by atoms with Gasteiger partial charge < -0.3 is 8.83 Å². The molecule has 0 saturated heterocycles. The molecular weight excluding hydrogens is 631 g/mol. The van der Waals surface area contributed by atoms with Gasteiger partial charge in [0.2, 0.25) is 0 Å². The number of pyridine rings is 1. The fourth-order valence-corrected chi connectivity index (χ4v) is 7.42. The third kappa shape index (κ3) is 4.18. The standard InChI is InChI=1S/C44H25N5O2/c1-2-11-26(12-3-1)41-46-42(34-17-8-15-31-29-14-5-7-21-37(29)50-39(31)34)48-43(47-41)35-18-9-16-32-30-23-22-27(25-38(30)51-40(32)35)49-36-20-6-4-13-28(36)33-19-10-24-45-44(33)49/h1-25H. The Morgan fingerprint density at radius 2 is 1.04 bits per heavy atom. The molecule has 0 saturated carbocycles. The number of rotatable bonds is 4. The molecule has 51 heavy (non-hydrogen) atoms. The summed E-state index contributed by atoms with van der Waals surface area (Å²) < 4.78 is 15.4. The van der Waals surface area contributed by atoms with E-state index in [4.69, 9.17) is 28.8 Å². The van der Waals surface area contributed by atoms with Gasteiger partial charge in [0.25, 0.3) is 0 Å². The fraction of sp³-hybridized carbons (Fsp3) is 0. The van der Waals surface area contributed by atoms with Crippen molar-refractivity contribution in [3.8, 4) is 39.9 Å². The molecular formula is C44H25N5O2. The zero-order chi connectivity index (χ0) is 33.5. The normalized spacial score (nSPS) is 11.9. The number of para-hydroxylation sites is 4. The third-order valence-electron chi connectivity index (χ3n) is 9.73. The Bertz CT molecular complexity index is 3100. The number of fused-ring (bicyclic) bond motifs is 9. The number of benzene rings is 6. The lowest BCUT2D eigenvalue weighted by Gasteiger charge is -2.09. The highest BCUT2D eigenvalue weighted by Crippen LogP contribution is 2.39. The minimum atomic E-state index is 0.517. The Kier molecular flexibility index (Phi) is 5.83. The second kappa shape index (κ2) is 10.7. The van der Waals surface area contributed by atoms with Crippen LogP contribution in [0.4, 0.5) is 0 Å². The van der Waals surface area contributed by atoms with Crippen molar-refractivity contribution in [1.29, 1.82) is 0 Å². The number of furan rings is 2. The van der Waals surface area contributed by atoms with Gasteiger partial charge in [0.05, 0.1) is 22.3 Å². The smallest absolute Gasteiger partial charge is 0.167 e. The molecule has 7 heteroatoms. The summed E-state index contributed by atoms with van der Waals surface area (Å²) in [6, 6.07) is 49.1. The lowest BCUT2D eigenvalue weighted by molar-refractivity contribution is 0.669. The average molecular weight is 656 g/mol. The van der Waals surface area contributed by atoms with Crippen molar-refractivity contribution in [2.24, 2.45) is 0 Å². The van der Waals surface area contributed by atoms with Gasteiger partial charge in [-0.15, -0.1) is 0 Å². The highest BCUT2D eigenvalue weighted by Gasteiger charge is 2.21. The van der Waals surface area contributed by atoms with Crippen LogP contribution in [0.5, 0.6) is 0 Å². The molecule has 11 aromatic rings. The molecule has 0 N–H and O–H groups in total. The zero-order valence-electron chi connectivity index (χ0n) is 27.0. The van der Waals surface area contributed by atoms with E-state index in [0.717, 1.165) is 82.6 Å². The molecule has 11 rings (SSSR count). The summed E-state index contributed by atoms with van der Waals surface area (Å²) in [5, 5.41) is 6.32. The predicted molar refractivity (Wildman–Crippen MR) is 203 cm³/mol. The Balaban J connectivity index is 1.13. The number of hydrogen-bond acceptors (Lipinski definition) is 6. The predicted octanol–water partition coefficient (Wildman–Crippen LogP) is 11.2. The van der Waals surface area contributed by atoms with E-state index < -0.39 is 0 Å². The molecule has 0 unspecified atom stereocenters. The van der Waals surface area contributed by atoms with Crippen molar-refractivity contribution in [2.75, 3.05) is 0 Å². The van der Waals surface area contributed by atoms with Gasteiger partial charge in [-0.05, 0) is 48.5 Å². The molecule has 0 atom stereocenters. The topological polar surface area (TPSA) is 82.8 Å². The van der Waals surface area contributed by atoms with Crippen LogP contribution in [0.15, 0.2) is 161 Å². The molecule has 7 nitrogen and oxygen atoms in total. The number of aromatic nitrogens is 5. The van der Waals surface area contributed by atoms with Gasteiger partial charge in [-0.1, -0.05) is 91.0 Å². The molecule has 6 aromatic carbocycles. The van der Waals surface area contributed by atoms with Gasteiger partial charge in [-0.2, -0.15) is 0 Å². The minimum Gasteiger partial charge on any atom is -0.455 e. The van der Waals surface area contributed by atoms with Crippen LogP contribution in [0.25, 0.3) is 106 Å². The highest BCUT2D eigenvalue weighted by atomic mass is 16.3. The van der Waals surface area contributed by atoms with E-state index in [1.165, 1.54) is 0 Å². The van der Waals surface area contributed by atoms with E-state index in [1.54, 1.807) is 0 Å². The second-order valence-corrected chi connectivity index (χ2v) is 12.6. The zero-order valence-corrected chi connectivity index (χ0v) is 27.0. The number of nitrogens with zero attached hydrogens (tertiary/aromatic N) is 5. The maximum atomic E-state index is 6.75. The van der Waals surface area contributed by atoms with Gasteiger partial charge >= 0.3 is 0 Å². The van der Waals surface area contributed by atoms with Crippen LogP contribution in [-0.4, -0.2) is 24.5 Å². The molecule has 0 radical (unpaired) electrons. The first-order chi connectivity index (χ1) is 25.3. The lowest BCUT2D eigenvalue weighted by Crippen LogP contribution is -2.00. The highest BCUT2D eigenvalue weighted by molar-refractivity contribution is 6.12. The van der Waals surface area contributed by atoms with E-state index in [1.807, 2.05) is 85.1 Å². The summed E-state index contributed by atoms with van der Waals surface area (Å²) in [5.41, 5.74) is 8.47. The monoisotopic (exact) mass is 655 g/mol. The molecule has 0 bridgehead atoms. The minimum absolute atomic E-state index is 0.517. The summed E-state index contributed by atoms with van der Waals surface area (Å²) in [4.78, 5) is 19.9. The van der Waals surface area contributed by atoms with Crippen molar-refractivity contribution in [3.63, 3.8) is 0 Å².